The highest BCUT2D eigenvalue weighted by Crippen LogP contribution is 2.38. The van der Waals surface area contributed by atoms with E-state index < -0.39 is 6.10 Å². The van der Waals surface area contributed by atoms with Gasteiger partial charge in [-0.2, -0.15) is 0 Å². The third-order valence-electron chi connectivity index (χ3n) is 9.67. The molecule has 1 aliphatic rings. The second-order valence-electron chi connectivity index (χ2n) is 13.2. The smallest absolute Gasteiger partial charge is 0.0923 e. The summed E-state index contributed by atoms with van der Waals surface area (Å²) in [6.07, 6.45) is 24.4. The normalized spacial score (nSPS) is 15.8. The number of unbranched alkanes of at least 4 members (excludes halogenated alkanes) is 8. The minimum atomic E-state index is -0.541. The van der Waals surface area contributed by atoms with Crippen LogP contribution in [0, 0.1) is 0 Å². The second kappa shape index (κ2) is 19.0. The van der Waals surface area contributed by atoms with Crippen molar-refractivity contribution in [3.8, 4) is 0 Å². The Hall–Kier alpha value is -1.68. The van der Waals surface area contributed by atoms with Crippen LogP contribution in [0.15, 0.2) is 30.3 Å². The van der Waals surface area contributed by atoms with Gasteiger partial charge < -0.3 is 10.0 Å². The van der Waals surface area contributed by atoms with E-state index in [1.165, 1.54) is 108 Å². The molecule has 1 atom stereocenters. The van der Waals surface area contributed by atoms with E-state index in [4.69, 9.17) is 16.6 Å². The lowest BCUT2D eigenvalue weighted by molar-refractivity contribution is 0.111. The summed E-state index contributed by atoms with van der Waals surface area (Å²) in [5, 5.41) is 16.2. The van der Waals surface area contributed by atoms with Crippen LogP contribution >= 0.6 is 11.6 Å². The molecule has 0 fully saturated rings. The van der Waals surface area contributed by atoms with Gasteiger partial charge in [0, 0.05) is 17.3 Å². The van der Waals surface area contributed by atoms with Gasteiger partial charge in [-0.25, -0.2) is 0 Å². The van der Waals surface area contributed by atoms with Crippen LogP contribution < -0.4 is 0 Å². The van der Waals surface area contributed by atoms with Gasteiger partial charge in [-0.05, 0) is 74.2 Å². The number of rotatable bonds is 15. The number of fused-ring (bicyclic) bond motifs is 6. The highest BCUT2D eigenvalue weighted by molar-refractivity contribution is 6.33. The van der Waals surface area contributed by atoms with Gasteiger partial charge in [-0.15, -0.1) is 0 Å². The maximum absolute atomic E-state index is 11.9. The Morgan fingerprint density at radius 1 is 0.721 bits per heavy atom. The van der Waals surface area contributed by atoms with Crippen LogP contribution in [0.1, 0.15) is 152 Å². The van der Waals surface area contributed by atoms with Crippen LogP contribution in [0.3, 0.4) is 0 Å². The van der Waals surface area contributed by atoms with E-state index in [2.05, 4.69) is 49.1 Å². The molecule has 2 aromatic carbocycles. The third kappa shape index (κ3) is 10.2. The highest BCUT2D eigenvalue weighted by Gasteiger charge is 2.21. The average molecular weight is 607 g/mol. The van der Waals surface area contributed by atoms with E-state index in [9.17, 15) is 5.11 Å². The van der Waals surface area contributed by atoms with Gasteiger partial charge in [0.15, 0.2) is 0 Å². The predicted molar refractivity (Wildman–Crippen MR) is 188 cm³/mol. The molecule has 43 heavy (non-hydrogen) atoms. The van der Waals surface area contributed by atoms with Gasteiger partial charge in [0.25, 0.3) is 0 Å². The van der Waals surface area contributed by atoms with Gasteiger partial charge >= 0.3 is 0 Å². The van der Waals surface area contributed by atoms with E-state index in [-0.39, 0.29) is 0 Å². The Balaban J connectivity index is 1.65. The van der Waals surface area contributed by atoms with Gasteiger partial charge in [-0.1, -0.05) is 140 Å². The first-order chi connectivity index (χ1) is 21.1. The summed E-state index contributed by atoms with van der Waals surface area (Å²) in [4.78, 5) is 7.79. The quantitative estimate of drug-likeness (QED) is 0.138. The Morgan fingerprint density at radius 3 is 1.91 bits per heavy atom. The molecule has 0 aliphatic heterocycles. The number of hydrogen-bond acceptors (Lipinski definition) is 3. The molecule has 0 saturated carbocycles. The zero-order valence-corrected chi connectivity index (χ0v) is 28.2. The summed E-state index contributed by atoms with van der Waals surface area (Å²) in [6, 6.07) is 10.9. The van der Waals surface area contributed by atoms with Crippen molar-refractivity contribution in [1.82, 2.24) is 9.88 Å². The monoisotopic (exact) mass is 606 g/mol. The molecule has 4 rings (SSSR count). The summed E-state index contributed by atoms with van der Waals surface area (Å²) in [5.74, 6) is 0. The molecule has 3 nitrogen and oxygen atoms in total. The number of halogens is 1. The average Bonchev–Trinajstić information content (AvgIpc) is 3.02. The molecule has 4 heteroatoms. The molecule has 2 bridgehead atoms. The maximum atomic E-state index is 11.9. The number of aliphatic hydroxyl groups excluding tert-OH is 1. The molecule has 238 valence electrons. The first-order valence-corrected chi connectivity index (χ1v) is 18.4. The Labute approximate surface area is 267 Å². The minimum Gasteiger partial charge on any atom is -0.387 e. The lowest BCUT2D eigenvalue weighted by Crippen LogP contribution is -2.31. The summed E-state index contributed by atoms with van der Waals surface area (Å²) in [7, 11) is 0. The largest absolute Gasteiger partial charge is 0.387 e. The Morgan fingerprint density at radius 2 is 1.28 bits per heavy atom. The lowest BCUT2D eigenvalue weighted by atomic mass is 9.92. The molecule has 0 saturated heterocycles. The Kier molecular flexibility index (Phi) is 15.1. The van der Waals surface area contributed by atoms with Crippen LogP contribution in [0.25, 0.3) is 21.7 Å². The zero-order chi connectivity index (χ0) is 30.3. The van der Waals surface area contributed by atoms with Crippen LogP contribution in [-0.4, -0.2) is 34.6 Å². The fourth-order valence-electron chi connectivity index (χ4n) is 7.07. The predicted octanol–water partition coefficient (Wildman–Crippen LogP) is 11.5. The van der Waals surface area contributed by atoms with Crippen molar-refractivity contribution in [2.45, 2.75) is 148 Å². The van der Waals surface area contributed by atoms with Gasteiger partial charge in [-0.3, -0.25) is 4.98 Å². The molecule has 1 unspecified atom stereocenters. The number of aliphatic hydroxyl groups is 1. The number of benzene rings is 2. The molecule has 1 heterocycles. The minimum absolute atomic E-state index is 0.541. The fourth-order valence-corrected chi connectivity index (χ4v) is 7.40. The van der Waals surface area contributed by atoms with Crippen molar-refractivity contribution in [2.75, 3.05) is 19.6 Å². The molecule has 1 aromatic heterocycles. The van der Waals surface area contributed by atoms with Gasteiger partial charge in [0.1, 0.15) is 0 Å². The van der Waals surface area contributed by atoms with E-state index in [1.54, 1.807) is 0 Å². The Bertz CT molecular complexity index is 1230. The maximum Gasteiger partial charge on any atom is 0.0923 e. The summed E-state index contributed by atoms with van der Waals surface area (Å²) in [5.41, 5.74) is 4.43. The number of aromatic nitrogens is 1. The number of nitrogens with zero attached hydrogens (tertiary/aromatic N) is 2. The molecule has 1 N–H and O–H groups in total. The van der Waals surface area contributed by atoms with Crippen LogP contribution in [0.2, 0.25) is 5.02 Å². The van der Waals surface area contributed by atoms with Crippen molar-refractivity contribution in [1.29, 1.82) is 0 Å². The van der Waals surface area contributed by atoms with E-state index in [0.29, 0.717) is 6.54 Å². The third-order valence-corrected chi connectivity index (χ3v) is 10.1. The van der Waals surface area contributed by atoms with Crippen molar-refractivity contribution < 1.29 is 5.11 Å². The van der Waals surface area contributed by atoms with E-state index in [0.717, 1.165) is 76.7 Å². The van der Waals surface area contributed by atoms with E-state index >= 15 is 0 Å². The summed E-state index contributed by atoms with van der Waals surface area (Å²) < 4.78 is 0. The molecule has 3 aromatic rings. The van der Waals surface area contributed by atoms with E-state index in [1.807, 2.05) is 0 Å². The summed E-state index contributed by atoms with van der Waals surface area (Å²) >= 11 is 7.18. The fraction of sp³-hybridized carbons (Fsp3) is 0.667. The van der Waals surface area contributed by atoms with Gasteiger partial charge in [0.05, 0.1) is 22.3 Å². The van der Waals surface area contributed by atoms with Crippen molar-refractivity contribution in [2.24, 2.45) is 0 Å². The highest BCUT2D eigenvalue weighted by atomic mass is 35.5. The topological polar surface area (TPSA) is 36.4 Å². The second-order valence-corrected chi connectivity index (χ2v) is 13.6. The molecule has 1 aliphatic carbocycles. The van der Waals surface area contributed by atoms with Crippen molar-refractivity contribution in [3.63, 3.8) is 0 Å². The van der Waals surface area contributed by atoms with Crippen LogP contribution in [0.4, 0.5) is 0 Å². The number of hydrogen-bond donors (Lipinski definition) is 1. The van der Waals surface area contributed by atoms with Crippen molar-refractivity contribution in [3.05, 3.63) is 52.2 Å². The standard InChI is InChI=1S/C39H59ClN2O/c1-3-5-7-15-21-27-42(28-22-16-8-6-4-2)30-37(43)34-29-35-32-24-17-13-11-9-10-12-14-18-26-36(38(32)40)41-39(35)33-25-20-19-23-31(33)34/h19-20,23,25,29,37,43H,3-18,21-22,24,26-28,30H2,1-2H3. The van der Waals surface area contributed by atoms with Crippen LogP contribution in [-0.2, 0) is 12.8 Å². The molecule has 0 radical (unpaired) electrons. The van der Waals surface area contributed by atoms with Gasteiger partial charge in [0.2, 0.25) is 0 Å². The SMILES string of the molecule is CCCCCCCN(CCCCCCC)CC(O)c1cc2c3c(Cl)c(nc2c2ccccc12)CCCCCCCCCC3. The van der Waals surface area contributed by atoms with Crippen molar-refractivity contribution >= 4 is 33.3 Å². The lowest BCUT2D eigenvalue weighted by Gasteiger charge is -2.26. The number of pyridine rings is 1. The van der Waals surface area contributed by atoms with Crippen LogP contribution in [0.5, 0.6) is 0 Å². The zero-order valence-electron chi connectivity index (χ0n) is 27.4. The molecular weight excluding hydrogens is 548 g/mol. The first-order valence-electron chi connectivity index (χ1n) is 18.1. The molecular formula is C39H59ClN2O. The molecule has 0 amide bonds. The summed E-state index contributed by atoms with van der Waals surface area (Å²) in [6.45, 7) is 7.39. The first kappa shape index (κ1) is 34.2. The number of aryl methyl sites for hydroxylation is 2. The molecule has 0 spiro atoms.